The van der Waals surface area contributed by atoms with E-state index in [1.807, 2.05) is 12.1 Å². The highest BCUT2D eigenvalue weighted by atomic mass is 16.5. The first kappa shape index (κ1) is 26.2. The number of carbonyl (C=O) groups excluding carboxylic acids is 1. The second kappa shape index (κ2) is 14.9. The van der Waals surface area contributed by atoms with Gasteiger partial charge in [0.05, 0.1) is 13.2 Å². The zero-order chi connectivity index (χ0) is 23.9. The summed E-state index contributed by atoms with van der Waals surface area (Å²) in [7, 11) is 0. The highest BCUT2D eigenvalue weighted by Gasteiger charge is 2.13. The average Bonchev–Trinajstić information content (AvgIpc) is 2.83. The van der Waals surface area contributed by atoms with Gasteiger partial charge < -0.3 is 14.2 Å². The van der Waals surface area contributed by atoms with E-state index in [4.69, 9.17) is 14.2 Å². The van der Waals surface area contributed by atoms with Crippen LogP contribution in [0.1, 0.15) is 74.4 Å². The number of allylic oxidation sites excluding steroid dienone is 1. The molecule has 178 valence electrons. The molecule has 0 heterocycles. The van der Waals surface area contributed by atoms with Gasteiger partial charge >= 0.3 is 0 Å². The summed E-state index contributed by atoms with van der Waals surface area (Å²) in [6, 6.07) is 11.2. The Labute approximate surface area is 199 Å². The molecular weight excluding hydrogens is 412 g/mol. The zero-order valence-corrected chi connectivity index (χ0v) is 20.4. The number of unbranched alkanes of at least 4 members (excludes halogenated alkanes) is 2. The van der Waals surface area contributed by atoms with Crippen molar-refractivity contribution in [1.29, 1.82) is 0 Å². The van der Waals surface area contributed by atoms with E-state index in [0.29, 0.717) is 31.1 Å². The predicted molar refractivity (Wildman–Crippen MR) is 137 cm³/mol. The molecule has 0 saturated carbocycles. The Hall–Kier alpha value is -3.01. The van der Waals surface area contributed by atoms with Crippen molar-refractivity contribution in [3.8, 4) is 17.2 Å². The summed E-state index contributed by atoms with van der Waals surface area (Å²) in [4.78, 5) is 12.7. The van der Waals surface area contributed by atoms with Gasteiger partial charge in [-0.05, 0) is 72.9 Å². The third-order valence-corrected chi connectivity index (χ3v) is 5.11. The van der Waals surface area contributed by atoms with Crippen LogP contribution in [0, 0.1) is 0 Å². The van der Waals surface area contributed by atoms with Gasteiger partial charge in [-0.25, -0.2) is 0 Å². The maximum absolute atomic E-state index is 12.7. The summed E-state index contributed by atoms with van der Waals surface area (Å²) in [6.45, 7) is 11.9. The Kier molecular flexibility index (Phi) is 11.9. The molecule has 0 aliphatic rings. The van der Waals surface area contributed by atoms with E-state index < -0.39 is 0 Å². The number of aryl methyl sites for hydroxylation is 1. The Morgan fingerprint density at radius 3 is 2.24 bits per heavy atom. The van der Waals surface area contributed by atoms with E-state index >= 15 is 0 Å². The van der Waals surface area contributed by atoms with Gasteiger partial charge in [0.1, 0.15) is 12.4 Å². The predicted octanol–water partition coefficient (Wildman–Crippen LogP) is 7.46. The van der Waals surface area contributed by atoms with Crippen LogP contribution in [0.3, 0.4) is 0 Å². The van der Waals surface area contributed by atoms with Gasteiger partial charge in [-0.1, -0.05) is 58.8 Å². The van der Waals surface area contributed by atoms with Gasteiger partial charge in [-0.3, -0.25) is 4.79 Å². The lowest BCUT2D eigenvalue weighted by Crippen LogP contribution is -2.05. The van der Waals surface area contributed by atoms with Crippen molar-refractivity contribution in [1.82, 2.24) is 0 Å². The molecule has 0 spiro atoms. The fraction of sp³-hybridized carbons (Fsp3) is 0.414. The normalized spacial score (nSPS) is 10.9. The second-order valence-corrected chi connectivity index (χ2v) is 7.98. The van der Waals surface area contributed by atoms with Gasteiger partial charge in [0.2, 0.25) is 0 Å². The van der Waals surface area contributed by atoms with Gasteiger partial charge in [0, 0.05) is 5.56 Å². The van der Waals surface area contributed by atoms with E-state index in [0.717, 1.165) is 61.2 Å². The highest BCUT2D eigenvalue weighted by molar-refractivity contribution is 6.06. The van der Waals surface area contributed by atoms with Crippen LogP contribution in [0.5, 0.6) is 17.2 Å². The smallest absolute Gasteiger partial charge is 0.185 e. The number of carbonyl (C=O) groups is 1. The third kappa shape index (κ3) is 8.80. The number of ketones is 1. The molecule has 0 unspecified atom stereocenters. The fourth-order valence-corrected chi connectivity index (χ4v) is 3.29. The average molecular weight is 451 g/mol. The van der Waals surface area contributed by atoms with Crippen LogP contribution in [-0.4, -0.2) is 25.6 Å². The number of hydrogen-bond acceptors (Lipinski definition) is 4. The summed E-state index contributed by atoms with van der Waals surface area (Å²) in [5, 5.41) is 0. The van der Waals surface area contributed by atoms with E-state index in [1.54, 1.807) is 36.4 Å². The molecule has 0 radical (unpaired) electrons. The molecule has 0 bridgehead atoms. The molecule has 0 saturated heterocycles. The molecule has 33 heavy (non-hydrogen) atoms. The molecule has 4 nitrogen and oxygen atoms in total. The Bertz CT molecular complexity index is 897. The van der Waals surface area contributed by atoms with E-state index in [2.05, 4.69) is 33.4 Å². The SMILES string of the molecule is C=CCOc1ccc(C(=O)/C=C/c2cc(CCC)c(OCCCC)c(OCCCC)c2)cc1. The number of rotatable bonds is 16. The van der Waals surface area contributed by atoms with E-state index in [1.165, 1.54) is 0 Å². The lowest BCUT2D eigenvalue weighted by atomic mass is 10.0. The lowest BCUT2D eigenvalue weighted by molar-refractivity contribution is 0.104. The Morgan fingerprint density at radius 1 is 0.909 bits per heavy atom. The molecule has 2 rings (SSSR count). The molecule has 0 aromatic heterocycles. The van der Waals surface area contributed by atoms with Crippen LogP contribution >= 0.6 is 0 Å². The van der Waals surface area contributed by atoms with E-state index in [9.17, 15) is 4.79 Å². The van der Waals surface area contributed by atoms with Crippen molar-refractivity contribution in [2.75, 3.05) is 19.8 Å². The quantitative estimate of drug-likeness (QED) is 0.115. The van der Waals surface area contributed by atoms with Crippen LogP contribution in [0.25, 0.3) is 6.08 Å². The minimum atomic E-state index is -0.0564. The van der Waals surface area contributed by atoms with Crippen LogP contribution < -0.4 is 14.2 Å². The molecule has 2 aromatic carbocycles. The molecule has 2 aromatic rings. The minimum absolute atomic E-state index is 0.0564. The molecule has 0 N–H and O–H groups in total. The van der Waals surface area contributed by atoms with Crippen LogP contribution in [0.15, 0.2) is 55.1 Å². The first-order valence-corrected chi connectivity index (χ1v) is 12.1. The Balaban J connectivity index is 2.24. The Morgan fingerprint density at radius 2 is 1.61 bits per heavy atom. The summed E-state index contributed by atoms with van der Waals surface area (Å²) in [5.41, 5.74) is 2.68. The second-order valence-electron chi connectivity index (χ2n) is 7.98. The van der Waals surface area contributed by atoms with Gasteiger partial charge in [-0.15, -0.1) is 0 Å². The summed E-state index contributed by atoms with van der Waals surface area (Å²) >= 11 is 0. The van der Waals surface area contributed by atoms with Crippen molar-refractivity contribution in [3.05, 3.63) is 71.8 Å². The molecule has 0 amide bonds. The lowest BCUT2D eigenvalue weighted by Gasteiger charge is -2.17. The van der Waals surface area contributed by atoms with E-state index in [-0.39, 0.29) is 5.78 Å². The van der Waals surface area contributed by atoms with Crippen molar-refractivity contribution < 1.29 is 19.0 Å². The summed E-state index contributed by atoms with van der Waals surface area (Å²) < 4.78 is 17.7. The number of hydrogen-bond donors (Lipinski definition) is 0. The standard InChI is InChI=1S/C29H38O4/c1-5-9-19-32-28-22-23(21-25(11-7-3)29(28)33-20-10-6-2)12-17-27(30)24-13-15-26(16-14-24)31-18-8-4/h8,12-17,21-22H,4-7,9-11,18-20H2,1-3H3/b17-12+. The maximum atomic E-state index is 12.7. The van der Waals surface area contributed by atoms with Crippen LogP contribution in [0.2, 0.25) is 0 Å². The van der Waals surface area contributed by atoms with Crippen molar-refractivity contribution >= 4 is 11.9 Å². The van der Waals surface area contributed by atoms with Crippen molar-refractivity contribution in [2.45, 2.75) is 59.3 Å². The summed E-state index contributed by atoms with van der Waals surface area (Å²) in [6.07, 6.45) is 11.2. The van der Waals surface area contributed by atoms with Crippen molar-refractivity contribution in [2.24, 2.45) is 0 Å². The topological polar surface area (TPSA) is 44.8 Å². The van der Waals surface area contributed by atoms with Crippen LogP contribution in [-0.2, 0) is 6.42 Å². The third-order valence-electron chi connectivity index (χ3n) is 5.11. The van der Waals surface area contributed by atoms with Gasteiger partial charge in [-0.2, -0.15) is 0 Å². The first-order chi connectivity index (χ1) is 16.1. The molecule has 0 fully saturated rings. The summed E-state index contributed by atoms with van der Waals surface area (Å²) in [5.74, 6) is 2.27. The zero-order valence-electron chi connectivity index (χ0n) is 20.4. The van der Waals surface area contributed by atoms with Crippen molar-refractivity contribution in [3.63, 3.8) is 0 Å². The number of ether oxygens (including phenoxy) is 3. The number of benzene rings is 2. The van der Waals surface area contributed by atoms with Gasteiger partial charge in [0.25, 0.3) is 0 Å². The molecule has 0 aliphatic heterocycles. The van der Waals surface area contributed by atoms with Crippen LogP contribution in [0.4, 0.5) is 0 Å². The monoisotopic (exact) mass is 450 g/mol. The fourth-order valence-electron chi connectivity index (χ4n) is 3.29. The molecule has 0 atom stereocenters. The van der Waals surface area contributed by atoms with Gasteiger partial charge in [0.15, 0.2) is 17.3 Å². The molecular formula is C29H38O4. The minimum Gasteiger partial charge on any atom is -0.490 e. The molecule has 4 heteroatoms. The first-order valence-electron chi connectivity index (χ1n) is 12.1. The maximum Gasteiger partial charge on any atom is 0.185 e. The highest BCUT2D eigenvalue weighted by Crippen LogP contribution is 2.35. The molecule has 0 aliphatic carbocycles. The largest absolute Gasteiger partial charge is 0.490 e.